The second-order valence-electron chi connectivity index (χ2n) is 6.53. The van der Waals surface area contributed by atoms with Crippen molar-refractivity contribution in [3.8, 4) is 0 Å². The Labute approximate surface area is 170 Å². The molecule has 6 heteroatoms. The molecule has 27 heavy (non-hydrogen) atoms. The minimum Gasteiger partial charge on any atom is -0.332 e. The fourth-order valence-corrected chi connectivity index (χ4v) is 3.69. The number of amides is 2. The van der Waals surface area contributed by atoms with E-state index in [1.807, 2.05) is 66.6 Å². The fraction of sp³-hybridized carbons (Fsp3) is 0.429. The topological polar surface area (TPSA) is 40.6 Å². The van der Waals surface area contributed by atoms with Gasteiger partial charge in [-0.3, -0.25) is 9.59 Å². The van der Waals surface area contributed by atoms with E-state index in [1.165, 1.54) is 0 Å². The molecule has 1 unspecified atom stereocenters. The summed E-state index contributed by atoms with van der Waals surface area (Å²) in [6.07, 6.45) is 1.05. The number of nitrogens with zero attached hydrogens (tertiary/aromatic N) is 2. The second-order valence-corrected chi connectivity index (χ2v) is 7.94. The average molecular weight is 407 g/mol. The lowest BCUT2D eigenvalue weighted by molar-refractivity contribution is -0.142. The first kappa shape index (κ1) is 21.5. The predicted molar refractivity (Wildman–Crippen MR) is 112 cm³/mol. The minimum absolute atomic E-state index is 0.00461. The Morgan fingerprint density at radius 2 is 1.81 bits per heavy atom. The smallest absolute Gasteiger partial charge is 0.242 e. The third-order valence-electron chi connectivity index (χ3n) is 4.55. The van der Waals surface area contributed by atoms with E-state index in [4.69, 9.17) is 11.6 Å². The molecule has 1 aromatic heterocycles. The van der Waals surface area contributed by atoms with Crippen molar-refractivity contribution < 1.29 is 9.59 Å². The molecular formula is C21H27ClN2O2S. The maximum Gasteiger partial charge on any atom is 0.242 e. The van der Waals surface area contributed by atoms with Crippen LogP contribution >= 0.6 is 22.9 Å². The van der Waals surface area contributed by atoms with Crippen molar-refractivity contribution in [1.82, 2.24) is 9.80 Å². The lowest BCUT2D eigenvalue weighted by Crippen LogP contribution is -2.46. The molecule has 1 heterocycles. The van der Waals surface area contributed by atoms with Gasteiger partial charge in [0.15, 0.2) is 0 Å². The van der Waals surface area contributed by atoms with Crippen LogP contribution in [0.1, 0.15) is 37.1 Å². The molecule has 0 aliphatic heterocycles. The van der Waals surface area contributed by atoms with Crippen LogP contribution < -0.4 is 0 Å². The standard InChI is InChI=1S/C21H27ClN2O2S/c1-3-17(2)24(20(25)11-12-22)16-21(26)23(15-19-10-7-13-27-19)14-18-8-5-4-6-9-18/h4-10,13,17H,3,11-12,14-16H2,1-2H3. The van der Waals surface area contributed by atoms with Gasteiger partial charge >= 0.3 is 0 Å². The second kappa shape index (κ2) is 11.1. The normalized spacial score (nSPS) is 11.8. The summed E-state index contributed by atoms with van der Waals surface area (Å²) in [4.78, 5) is 30.2. The van der Waals surface area contributed by atoms with Crippen molar-refractivity contribution >= 4 is 34.8 Å². The Morgan fingerprint density at radius 1 is 1.07 bits per heavy atom. The highest BCUT2D eigenvalue weighted by molar-refractivity contribution is 7.09. The van der Waals surface area contributed by atoms with E-state index < -0.39 is 0 Å². The number of carbonyl (C=O) groups is 2. The highest BCUT2D eigenvalue weighted by Gasteiger charge is 2.24. The van der Waals surface area contributed by atoms with Crippen molar-refractivity contribution in [1.29, 1.82) is 0 Å². The molecule has 1 aromatic carbocycles. The number of thiophene rings is 1. The summed E-state index contributed by atoms with van der Waals surface area (Å²) in [5.74, 6) is 0.155. The quantitative estimate of drug-likeness (QED) is 0.544. The van der Waals surface area contributed by atoms with Gasteiger partial charge in [0.2, 0.25) is 11.8 Å². The Balaban J connectivity index is 2.16. The van der Waals surface area contributed by atoms with Crippen LogP contribution in [0, 0.1) is 0 Å². The molecule has 0 aliphatic rings. The molecule has 0 spiro atoms. The largest absolute Gasteiger partial charge is 0.332 e. The number of carbonyl (C=O) groups excluding carboxylic acids is 2. The van der Waals surface area contributed by atoms with Gasteiger partial charge in [0.25, 0.3) is 0 Å². The molecular weight excluding hydrogens is 380 g/mol. The molecule has 0 saturated carbocycles. The Kier molecular flexibility index (Phi) is 8.82. The number of halogens is 1. The maximum atomic E-state index is 13.1. The first-order valence-electron chi connectivity index (χ1n) is 9.24. The number of hydrogen-bond acceptors (Lipinski definition) is 3. The third-order valence-corrected chi connectivity index (χ3v) is 5.60. The lowest BCUT2D eigenvalue weighted by atomic mass is 10.2. The molecule has 2 aromatic rings. The molecule has 0 N–H and O–H groups in total. The minimum atomic E-state index is -0.0662. The Morgan fingerprint density at radius 3 is 2.41 bits per heavy atom. The average Bonchev–Trinajstić information content (AvgIpc) is 3.19. The zero-order valence-corrected chi connectivity index (χ0v) is 17.5. The van der Waals surface area contributed by atoms with Crippen LogP contribution in [0.25, 0.3) is 0 Å². The zero-order chi connectivity index (χ0) is 19.6. The summed E-state index contributed by atoms with van der Waals surface area (Å²) in [5.41, 5.74) is 1.07. The van der Waals surface area contributed by atoms with Crippen molar-refractivity contribution in [2.24, 2.45) is 0 Å². The van der Waals surface area contributed by atoms with Gasteiger partial charge in [0.05, 0.1) is 6.54 Å². The van der Waals surface area contributed by atoms with Gasteiger partial charge < -0.3 is 9.80 Å². The van der Waals surface area contributed by atoms with Crippen LogP contribution in [0.4, 0.5) is 0 Å². The van der Waals surface area contributed by atoms with Gasteiger partial charge in [-0.25, -0.2) is 0 Å². The van der Waals surface area contributed by atoms with E-state index in [9.17, 15) is 9.59 Å². The van der Waals surface area contributed by atoms with Gasteiger partial charge in [-0.05, 0) is 30.4 Å². The molecule has 0 radical (unpaired) electrons. The summed E-state index contributed by atoms with van der Waals surface area (Å²) < 4.78 is 0. The van der Waals surface area contributed by atoms with Gasteiger partial charge in [-0.1, -0.05) is 43.3 Å². The lowest BCUT2D eigenvalue weighted by Gasteiger charge is -2.31. The molecule has 1 atom stereocenters. The van der Waals surface area contributed by atoms with E-state index in [2.05, 4.69) is 0 Å². The number of alkyl halides is 1. The van der Waals surface area contributed by atoms with Crippen molar-refractivity contribution in [3.05, 3.63) is 58.3 Å². The molecule has 4 nitrogen and oxygen atoms in total. The molecule has 0 fully saturated rings. The van der Waals surface area contributed by atoms with E-state index in [0.717, 1.165) is 16.9 Å². The fourth-order valence-electron chi connectivity index (χ4n) is 2.81. The third kappa shape index (κ3) is 6.67. The first-order chi connectivity index (χ1) is 13.0. The highest BCUT2D eigenvalue weighted by Crippen LogP contribution is 2.16. The van der Waals surface area contributed by atoms with E-state index in [1.54, 1.807) is 16.2 Å². The zero-order valence-electron chi connectivity index (χ0n) is 15.9. The van der Waals surface area contributed by atoms with Gasteiger partial charge in [-0.2, -0.15) is 0 Å². The SMILES string of the molecule is CCC(C)N(CC(=O)N(Cc1ccccc1)Cc1cccs1)C(=O)CCCl. The van der Waals surface area contributed by atoms with E-state index in [-0.39, 0.29) is 36.7 Å². The first-order valence-corrected chi connectivity index (χ1v) is 10.7. The summed E-state index contributed by atoms with van der Waals surface area (Å²) in [7, 11) is 0. The molecule has 146 valence electrons. The van der Waals surface area contributed by atoms with E-state index in [0.29, 0.717) is 13.1 Å². The van der Waals surface area contributed by atoms with Crippen LogP contribution in [-0.2, 0) is 22.7 Å². The predicted octanol–water partition coefficient (Wildman–Crippen LogP) is 4.53. The van der Waals surface area contributed by atoms with E-state index >= 15 is 0 Å². The number of benzene rings is 1. The van der Waals surface area contributed by atoms with Crippen LogP contribution in [0.5, 0.6) is 0 Å². The number of rotatable bonds is 10. The molecule has 0 aliphatic carbocycles. The number of hydrogen-bond donors (Lipinski definition) is 0. The monoisotopic (exact) mass is 406 g/mol. The Bertz CT molecular complexity index is 706. The van der Waals surface area contributed by atoms with Crippen LogP contribution in [0.3, 0.4) is 0 Å². The van der Waals surface area contributed by atoms with Gasteiger partial charge in [0, 0.05) is 29.8 Å². The van der Waals surface area contributed by atoms with Crippen molar-refractivity contribution in [2.75, 3.05) is 12.4 Å². The molecule has 0 saturated heterocycles. The summed E-state index contributed by atoms with van der Waals surface area (Å²) in [6, 6.07) is 14.0. The van der Waals surface area contributed by atoms with Gasteiger partial charge in [-0.15, -0.1) is 22.9 Å². The van der Waals surface area contributed by atoms with Crippen molar-refractivity contribution in [3.63, 3.8) is 0 Å². The summed E-state index contributed by atoms with van der Waals surface area (Å²) in [5, 5.41) is 2.01. The molecule has 0 bridgehead atoms. The Hall–Kier alpha value is -1.85. The molecule has 2 rings (SSSR count). The summed E-state index contributed by atoms with van der Waals surface area (Å²) >= 11 is 7.38. The highest BCUT2D eigenvalue weighted by atomic mass is 35.5. The van der Waals surface area contributed by atoms with Gasteiger partial charge in [0.1, 0.15) is 6.54 Å². The van der Waals surface area contributed by atoms with Crippen LogP contribution in [0.2, 0.25) is 0 Å². The van der Waals surface area contributed by atoms with Crippen LogP contribution in [-0.4, -0.2) is 40.1 Å². The van der Waals surface area contributed by atoms with Crippen molar-refractivity contribution in [2.45, 2.75) is 45.8 Å². The maximum absolute atomic E-state index is 13.1. The van der Waals surface area contributed by atoms with Crippen LogP contribution in [0.15, 0.2) is 47.8 Å². The molecule has 2 amide bonds. The summed E-state index contributed by atoms with van der Waals surface area (Å²) in [6.45, 7) is 5.14.